The van der Waals surface area contributed by atoms with Gasteiger partial charge in [-0.3, -0.25) is 0 Å². The average molecular weight is 820 g/mol. The van der Waals surface area contributed by atoms with Gasteiger partial charge in [-0.1, -0.05) is 196 Å². The van der Waals surface area contributed by atoms with Crippen molar-refractivity contribution in [3.05, 3.63) is 223 Å². The zero-order valence-corrected chi connectivity index (χ0v) is 35.5. The van der Waals surface area contributed by atoms with Gasteiger partial charge in [-0.2, -0.15) is 0 Å². The van der Waals surface area contributed by atoms with Gasteiger partial charge in [0.05, 0.1) is 0 Å². The SMILES string of the molecule is CC1(C)c2ccccc2-c2ccc(-c3nc(-c4cc(-c5ccccc5)cc(-c5ccccc5)c4)nc(-c4cccc(-c5cccc6c5oc5c(-c7ccccc7)cccc56)c4)n3)cc21. The fraction of sp³-hybridized carbons (Fsp3) is 0.0500. The van der Waals surface area contributed by atoms with Crippen molar-refractivity contribution < 1.29 is 4.42 Å². The number of hydrogen-bond acceptors (Lipinski definition) is 4. The highest BCUT2D eigenvalue weighted by Gasteiger charge is 2.35. The van der Waals surface area contributed by atoms with Gasteiger partial charge in [0.2, 0.25) is 0 Å². The van der Waals surface area contributed by atoms with Gasteiger partial charge in [0.15, 0.2) is 17.5 Å². The van der Waals surface area contributed by atoms with Crippen LogP contribution in [0.25, 0.3) is 112 Å². The first-order valence-electron chi connectivity index (χ1n) is 21.8. The van der Waals surface area contributed by atoms with E-state index in [2.05, 4.69) is 220 Å². The molecule has 0 unspecified atom stereocenters. The predicted octanol–water partition coefficient (Wildman–Crippen LogP) is 15.7. The van der Waals surface area contributed by atoms with E-state index in [0.29, 0.717) is 17.5 Å². The van der Waals surface area contributed by atoms with Crippen molar-refractivity contribution >= 4 is 21.9 Å². The molecule has 0 fully saturated rings. The number of para-hydroxylation sites is 2. The molecule has 64 heavy (non-hydrogen) atoms. The number of benzene rings is 9. The van der Waals surface area contributed by atoms with Crippen LogP contribution in [0.15, 0.2) is 217 Å². The fourth-order valence-electron chi connectivity index (χ4n) is 9.68. The van der Waals surface area contributed by atoms with Gasteiger partial charge in [0.25, 0.3) is 0 Å². The van der Waals surface area contributed by atoms with Crippen LogP contribution in [-0.2, 0) is 5.41 Å². The van der Waals surface area contributed by atoms with E-state index in [9.17, 15) is 0 Å². The summed E-state index contributed by atoms with van der Waals surface area (Å²) in [4.78, 5) is 16.0. The van der Waals surface area contributed by atoms with E-state index >= 15 is 0 Å². The van der Waals surface area contributed by atoms with Crippen LogP contribution < -0.4 is 0 Å². The summed E-state index contributed by atoms with van der Waals surface area (Å²) in [6.07, 6.45) is 0. The molecule has 2 aromatic heterocycles. The van der Waals surface area contributed by atoms with Gasteiger partial charge in [-0.25, -0.2) is 15.0 Å². The summed E-state index contributed by atoms with van der Waals surface area (Å²) in [5.74, 6) is 1.83. The average Bonchev–Trinajstić information content (AvgIpc) is 3.86. The number of nitrogens with zero attached hydrogens (tertiary/aromatic N) is 3. The maximum absolute atomic E-state index is 6.85. The molecule has 0 amide bonds. The third-order valence-corrected chi connectivity index (χ3v) is 12.9. The zero-order valence-electron chi connectivity index (χ0n) is 35.5. The zero-order chi connectivity index (χ0) is 42.8. The third kappa shape index (κ3) is 6.34. The second-order valence-corrected chi connectivity index (χ2v) is 17.2. The molecule has 0 radical (unpaired) electrons. The minimum atomic E-state index is -0.177. The molecule has 0 bridgehead atoms. The van der Waals surface area contributed by atoms with E-state index in [0.717, 1.165) is 83.1 Å². The lowest BCUT2D eigenvalue weighted by Crippen LogP contribution is -2.15. The van der Waals surface area contributed by atoms with Gasteiger partial charge < -0.3 is 4.42 Å². The Kier molecular flexibility index (Phi) is 8.80. The van der Waals surface area contributed by atoms with E-state index in [1.807, 2.05) is 6.07 Å². The second-order valence-electron chi connectivity index (χ2n) is 17.2. The number of furan rings is 1. The van der Waals surface area contributed by atoms with Gasteiger partial charge in [0.1, 0.15) is 11.2 Å². The van der Waals surface area contributed by atoms with Gasteiger partial charge in [-0.15, -0.1) is 0 Å². The summed E-state index contributed by atoms with van der Waals surface area (Å²) in [7, 11) is 0. The quantitative estimate of drug-likeness (QED) is 0.161. The highest BCUT2D eigenvalue weighted by molar-refractivity contribution is 6.13. The van der Waals surface area contributed by atoms with Crippen LogP contribution in [0.1, 0.15) is 25.0 Å². The van der Waals surface area contributed by atoms with Crippen molar-refractivity contribution in [1.82, 2.24) is 15.0 Å². The van der Waals surface area contributed by atoms with Crippen molar-refractivity contribution in [2.24, 2.45) is 0 Å². The van der Waals surface area contributed by atoms with Crippen molar-refractivity contribution in [2.45, 2.75) is 19.3 Å². The molecule has 0 saturated carbocycles. The molecule has 0 saturated heterocycles. The molecule has 4 nitrogen and oxygen atoms in total. The molecular formula is C60H41N3O. The first-order chi connectivity index (χ1) is 31.5. The Morgan fingerprint density at radius 1 is 0.297 bits per heavy atom. The van der Waals surface area contributed by atoms with Crippen LogP contribution in [0.2, 0.25) is 0 Å². The number of fused-ring (bicyclic) bond motifs is 6. The highest BCUT2D eigenvalue weighted by atomic mass is 16.3. The van der Waals surface area contributed by atoms with Crippen LogP contribution in [0.3, 0.4) is 0 Å². The molecule has 9 aromatic carbocycles. The van der Waals surface area contributed by atoms with Crippen LogP contribution >= 0.6 is 0 Å². The molecular weight excluding hydrogens is 779 g/mol. The normalized spacial score (nSPS) is 12.7. The molecule has 2 heterocycles. The monoisotopic (exact) mass is 819 g/mol. The lowest BCUT2D eigenvalue weighted by molar-refractivity contribution is 0.660. The minimum absolute atomic E-state index is 0.177. The molecule has 0 aliphatic heterocycles. The molecule has 0 atom stereocenters. The van der Waals surface area contributed by atoms with Gasteiger partial charge in [-0.05, 0) is 86.0 Å². The Morgan fingerprint density at radius 2 is 0.719 bits per heavy atom. The van der Waals surface area contributed by atoms with Gasteiger partial charge >= 0.3 is 0 Å². The summed E-state index contributed by atoms with van der Waals surface area (Å²) in [5, 5.41) is 2.17. The maximum atomic E-state index is 6.85. The topological polar surface area (TPSA) is 51.8 Å². The maximum Gasteiger partial charge on any atom is 0.164 e. The molecule has 0 N–H and O–H groups in total. The minimum Gasteiger partial charge on any atom is -0.455 e. The largest absolute Gasteiger partial charge is 0.455 e. The Labute approximate surface area is 372 Å². The fourth-order valence-corrected chi connectivity index (χ4v) is 9.68. The molecule has 0 spiro atoms. The van der Waals surface area contributed by atoms with E-state index in [4.69, 9.17) is 19.4 Å². The van der Waals surface area contributed by atoms with Crippen LogP contribution in [0.5, 0.6) is 0 Å². The molecule has 4 heteroatoms. The second kappa shape index (κ2) is 15.0. The predicted molar refractivity (Wildman–Crippen MR) is 263 cm³/mol. The summed E-state index contributed by atoms with van der Waals surface area (Å²) in [6.45, 7) is 4.62. The first-order valence-corrected chi connectivity index (χ1v) is 21.8. The summed E-state index contributed by atoms with van der Waals surface area (Å²) in [6, 6.07) is 74.9. The van der Waals surface area contributed by atoms with Crippen molar-refractivity contribution in [3.8, 4) is 89.8 Å². The molecule has 302 valence electrons. The van der Waals surface area contributed by atoms with E-state index in [1.165, 1.54) is 22.3 Å². The van der Waals surface area contributed by atoms with Gasteiger partial charge in [0, 0.05) is 44.0 Å². The standard InChI is InChI=1S/C60H41N3O/c1-60(2)53-30-13-12-25-49(53)50-32-31-43(37-54(50)60)58-61-57(62-59(63-58)46-35-44(38-17-6-3-7-18-38)34-45(36-46)39-19-8-4-9-20-39)42-24-14-23-41(33-42)48-27-16-29-52-51-28-15-26-47(55(51)64-56(48)52)40-21-10-5-11-22-40/h3-37H,1-2H3. The lowest BCUT2D eigenvalue weighted by Gasteiger charge is -2.21. The molecule has 11 aromatic rings. The van der Waals surface area contributed by atoms with Crippen molar-refractivity contribution in [3.63, 3.8) is 0 Å². The van der Waals surface area contributed by atoms with E-state index < -0.39 is 0 Å². The number of aromatic nitrogens is 3. The van der Waals surface area contributed by atoms with E-state index in [-0.39, 0.29) is 5.41 Å². The van der Waals surface area contributed by atoms with E-state index in [1.54, 1.807) is 0 Å². The van der Waals surface area contributed by atoms with Crippen molar-refractivity contribution in [1.29, 1.82) is 0 Å². The molecule has 1 aliphatic carbocycles. The third-order valence-electron chi connectivity index (χ3n) is 12.9. The summed E-state index contributed by atoms with van der Waals surface area (Å²) in [5.41, 5.74) is 18.1. The number of hydrogen-bond donors (Lipinski definition) is 0. The Balaban J connectivity index is 1.04. The smallest absolute Gasteiger partial charge is 0.164 e. The molecule has 12 rings (SSSR count). The summed E-state index contributed by atoms with van der Waals surface area (Å²) >= 11 is 0. The Morgan fingerprint density at radius 3 is 1.34 bits per heavy atom. The number of rotatable bonds is 7. The molecule has 1 aliphatic rings. The van der Waals surface area contributed by atoms with Crippen LogP contribution in [0.4, 0.5) is 0 Å². The van der Waals surface area contributed by atoms with Crippen LogP contribution in [-0.4, -0.2) is 15.0 Å². The lowest BCUT2D eigenvalue weighted by atomic mass is 9.82. The summed E-state index contributed by atoms with van der Waals surface area (Å²) < 4.78 is 6.85. The van der Waals surface area contributed by atoms with Crippen LogP contribution in [0, 0.1) is 0 Å². The first kappa shape index (κ1) is 37.5. The highest BCUT2D eigenvalue weighted by Crippen LogP contribution is 2.49. The Bertz CT molecular complexity index is 3510. The van der Waals surface area contributed by atoms with Crippen molar-refractivity contribution in [2.75, 3.05) is 0 Å². The Hall–Kier alpha value is -8.21.